The van der Waals surface area contributed by atoms with E-state index in [1.807, 2.05) is 13.8 Å². The summed E-state index contributed by atoms with van der Waals surface area (Å²) in [6.07, 6.45) is 1.57. The molecule has 0 saturated carbocycles. The first-order valence-electron chi connectivity index (χ1n) is 6.09. The van der Waals surface area contributed by atoms with Gasteiger partial charge < -0.3 is 15.7 Å². The van der Waals surface area contributed by atoms with Gasteiger partial charge in [-0.1, -0.05) is 13.8 Å². The zero-order valence-corrected chi connectivity index (χ0v) is 10.7. The number of hydrogen-bond acceptors (Lipinski definition) is 3. The fourth-order valence-corrected chi connectivity index (χ4v) is 2.16. The average Bonchev–Trinajstić information content (AvgIpc) is 2.59. The second-order valence-corrected chi connectivity index (χ2v) is 5.47. The quantitative estimate of drug-likeness (QED) is 0.643. The molecule has 1 fully saturated rings. The summed E-state index contributed by atoms with van der Waals surface area (Å²) in [5.74, 6) is 0.0760. The van der Waals surface area contributed by atoms with Crippen molar-refractivity contribution in [3.05, 3.63) is 0 Å². The van der Waals surface area contributed by atoms with Crippen molar-refractivity contribution < 1.29 is 14.7 Å². The SMILES string of the molecule is CC(C)CC(C)(O)CNC(=O)[C@@H]1CCC(=O)N1. The number of carbonyl (C=O) groups excluding carboxylic acids is 2. The smallest absolute Gasteiger partial charge is 0.242 e. The lowest BCUT2D eigenvalue weighted by atomic mass is 9.94. The number of nitrogens with one attached hydrogen (secondary N) is 2. The maximum Gasteiger partial charge on any atom is 0.242 e. The third kappa shape index (κ3) is 4.73. The molecule has 17 heavy (non-hydrogen) atoms. The van der Waals surface area contributed by atoms with Crippen LogP contribution in [-0.4, -0.2) is 35.1 Å². The van der Waals surface area contributed by atoms with Gasteiger partial charge in [-0.2, -0.15) is 0 Å². The second-order valence-electron chi connectivity index (χ2n) is 5.47. The van der Waals surface area contributed by atoms with Gasteiger partial charge in [-0.05, 0) is 25.7 Å². The summed E-state index contributed by atoms with van der Waals surface area (Å²) < 4.78 is 0. The lowest BCUT2D eigenvalue weighted by Crippen LogP contribution is -2.47. The van der Waals surface area contributed by atoms with Crippen LogP contribution in [0.25, 0.3) is 0 Å². The molecule has 98 valence electrons. The number of carbonyl (C=O) groups is 2. The lowest BCUT2D eigenvalue weighted by Gasteiger charge is -2.26. The molecule has 0 aliphatic carbocycles. The van der Waals surface area contributed by atoms with Gasteiger partial charge in [-0.25, -0.2) is 0 Å². The van der Waals surface area contributed by atoms with E-state index in [9.17, 15) is 14.7 Å². The molecule has 2 amide bonds. The number of amides is 2. The topological polar surface area (TPSA) is 78.4 Å². The minimum absolute atomic E-state index is 0.0842. The molecule has 0 spiro atoms. The Labute approximate surface area is 102 Å². The molecule has 5 heteroatoms. The predicted octanol–water partition coefficient (Wildman–Crippen LogP) is 0.178. The van der Waals surface area contributed by atoms with Crippen molar-refractivity contribution in [1.29, 1.82) is 0 Å². The Balaban J connectivity index is 2.34. The summed E-state index contributed by atoms with van der Waals surface area (Å²) >= 11 is 0. The maximum atomic E-state index is 11.7. The summed E-state index contributed by atoms with van der Waals surface area (Å²) in [5.41, 5.74) is -0.896. The van der Waals surface area contributed by atoms with E-state index in [2.05, 4.69) is 10.6 Å². The van der Waals surface area contributed by atoms with Crippen LogP contribution < -0.4 is 10.6 Å². The van der Waals surface area contributed by atoms with Crippen molar-refractivity contribution in [3.63, 3.8) is 0 Å². The van der Waals surface area contributed by atoms with Gasteiger partial charge in [0.25, 0.3) is 0 Å². The van der Waals surface area contributed by atoms with E-state index in [0.29, 0.717) is 25.2 Å². The Hall–Kier alpha value is -1.10. The molecule has 5 nitrogen and oxygen atoms in total. The van der Waals surface area contributed by atoms with Gasteiger partial charge in [-0.3, -0.25) is 9.59 Å². The normalized spacial score (nSPS) is 23.4. The Morgan fingerprint density at radius 3 is 2.76 bits per heavy atom. The summed E-state index contributed by atoms with van der Waals surface area (Å²) in [6, 6.07) is -0.433. The van der Waals surface area contributed by atoms with Gasteiger partial charge in [0, 0.05) is 13.0 Å². The first-order chi connectivity index (χ1) is 7.80. The molecular formula is C12H22N2O3. The summed E-state index contributed by atoms with van der Waals surface area (Å²) in [5, 5.41) is 15.3. The van der Waals surface area contributed by atoms with Gasteiger partial charge in [-0.15, -0.1) is 0 Å². The van der Waals surface area contributed by atoms with Crippen LogP contribution in [0.3, 0.4) is 0 Å². The number of aliphatic hydroxyl groups is 1. The molecule has 1 saturated heterocycles. The third-order valence-corrected chi connectivity index (χ3v) is 2.80. The van der Waals surface area contributed by atoms with Crippen LogP contribution in [0, 0.1) is 5.92 Å². The monoisotopic (exact) mass is 242 g/mol. The zero-order chi connectivity index (χ0) is 13.1. The van der Waals surface area contributed by atoms with Crippen LogP contribution in [-0.2, 0) is 9.59 Å². The molecule has 1 unspecified atom stereocenters. The largest absolute Gasteiger partial charge is 0.388 e. The highest BCUT2D eigenvalue weighted by Crippen LogP contribution is 2.15. The van der Waals surface area contributed by atoms with Crippen molar-refractivity contribution in [2.75, 3.05) is 6.54 Å². The Kier molecular flexibility index (Phi) is 4.51. The Morgan fingerprint density at radius 2 is 2.29 bits per heavy atom. The summed E-state index contributed by atoms with van der Waals surface area (Å²) in [4.78, 5) is 22.7. The third-order valence-electron chi connectivity index (χ3n) is 2.80. The van der Waals surface area contributed by atoms with Crippen molar-refractivity contribution >= 4 is 11.8 Å². The van der Waals surface area contributed by atoms with Gasteiger partial charge in [0.15, 0.2) is 0 Å². The molecular weight excluding hydrogens is 220 g/mol. The van der Waals surface area contributed by atoms with Crippen LogP contribution in [0.2, 0.25) is 0 Å². The molecule has 0 aromatic carbocycles. The van der Waals surface area contributed by atoms with Crippen molar-refractivity contribution in [2.24, 2.45) is 5.92 Å². The lowest BCUT2D eigenvalue weighted by molar-refractivity contribution is -0.126. The fraction of sp³-hybridized carbons (Fsp3) is 0.833. The zero-order valence-electron chi connectivity index (χ0n) is 10.7. The molecule has 0 aromatic rings. The first kappa shape index (κ1) is 14.0. The van der Waals surface area contributed by atoms with E-state index in [1.165, 1.54) is 0 Å². The van der Waals surface area contributed by atoms with Gasteiger partial charge in [0.05, 0.1) is 5.60 Å². The minimum Gasteiger partial charge on any atom is -0.388 e. The minimum atomic E-state index is -0.896. The van der Waals surface area contributed by atoms with Crippen LogP contribution in [0.15, 0.2) is 0 Å². The fourth-order valence-electron chi connectivity index (χ4n) is 2.16. The van der Waals surface area contributed by atoms with E-state index in [1.54, 1.807) is 6.92 Å². The second kappa shape index (κ2) is 5.49. The number of hydrogen-bond donors (Lipinski definition) is 3. The molecule has 3 N–H and O–H groups in total. The molecule has 1 heterocycles. The summed E-state index contributed by atoms with van der Waals surface area (Å²) in [7, 11) is 0. The average molecular weight is 242 g/mol. The molecule has 1 aliphatic rings. The van der Waals surface area contributed by atoms with Gasteiger partial charge in [0.1, 0.15) is 6.04 Å². The van der Waals surface area contributed by atoms with E-state index < -0.39 is 11.6 Å². The van der Waals surface area contributed by atoms with Crippen LogP contribution in [0.1, 0.15) is 40.0 Å². The van der Waals surface area contributed by atoms with E-state index in [0.717, 1.165) is 0 Å². The van der Waals surface area contributed by atoms with E-state index in [-0.39, 0.29) is 18.4 Å². The highest BCUT2D eigenvalue weighted by Gasteiger charge is 2.29. The van der Waals surface area contributed by atoms with Crippen LogP contribution in [0.5, 0.6) is 0 Å². The molecule has 2 atom stereocenters. The van der Waals surface area contributed by atoms with E-state index >= 15 is 0 Å². The van der Waals surface area contributed by atoms with E-state index in [4.69, 9.17) is 0 Å². The van der Waals surface area contributed by atoms with Gasteiger partial charge >= 0.3 is 0 Å². The van der Waals surface area contributed by atoms with Gasteiger partial charge in [0.2, 0.25) is 11.8 Å². The maximum absolute atomic E-state index is 11.7. The van der Waals surface area contributed by atoms with Crippen molar-refractivity contribution in [3.8, 4) is 0 Å². The molecule has 0 radical (unpaired) electrons. The highest BCUT2D eigenvalue weighted by atomic mass is 16.3. The summed E-state index contributed by atoms with van der Waals surface area (Å²) in [6.45, 7) is 5.97. The Morgan fingerprint density at radius 1 is 1.65 bits per heavy atom. The number of rotatable bonds is 5. The molecule has 1 rings (SSSR count). The standard InChI is InChI=1S/C12H22N2O3/c1-8(2)6-12(3,17)7-13-11(16)9-4-5-10(15)14-9/h8-9,17H,4-7H2,1-3H3,(H,13,16)(H,14,15)/t9-,12?/m0/s1. The van der Waals surface area contributed by atoms with Crippen LogP contribution >= 0.6 is 0 Å². The molecule has 1 aliphatic heterocycles. The van der Waals surface area contributed by atoms with Crippen molar-refractivity contribution in [1.82, 2.24) is 10.6 Å². The van der Waals surface area contributed by atoms with Crippen molar-refractivity contribution in [2.45, 2.75) is 51.7 Å². The Bertz CT molecular complexity index is 300. The highest BCUT2D eigenvalue weighted by molar-refractivity contribution is 5.90. The molecule has 0 bridgehead atoms. The predicted molar refractivity (Wildman–Crippen MR) is 64.3 cm³/mol. The molecule has 0 aromatic heterocycles. The van der Waals surface area contributed by atoms with Crippen LogP contribution in [0.4, 0.5) is 0 Å². The first-order valence-corrected chi connectivity index (χ1v) is 6.09.